The summed E-state index contributed by atoms with van der Waals surface area (Å²) in [7, 11) is 0. The molecule has 16 heavy (non-hydrogen) atoms. The highest BCUT2D eigenvalue weighted by Crippen LogP contribution is 2.15. The van der Waals surface area contributed by atoms with Gasteiger partial charge in [-0.15, -0.1) is 0 Å². The molecule has 0 aromatic rings. The Labute approximate surface area is 101 Å². The van der Waals surface area contributed by atoms with Crippen molar-refractivity contribution in [1.29, 1.82) is 0 Å². The molecule has 0 bridgehead atoms. The molecule has 2 nitrogen and oxygen atoms in total. The molecule has 0 radical (unpaired) electrons. The summed E-state index contributed by atoms with van der Waals surface area (Å²) in [6.45, 7) is 8.37. The SMILES string of the molecule is CCCCCCCC(CC)C(=O)NC(C)C. The monoisotopic (exact) mass is 227 g/mol. The molecule has 0 heterocycles. The highest BCUT2D eigenvalue weighted by molar-refractivity contribution is 5.78. The second-order valence-corrected chi connectivity index (χ2v) is 4.97. The van der Waals surface area contributed by atoms with Crippen molar-refractivity contribution in [3.63, 3.8) is 0 Å². The van der Waals surface area contributed by atoms with Crippen molar-refractivity contribution in [2.24, 2.45) is 5.92 Å². The molecule has 0 aliphatic carbocycles. The topological polar surface area (TPSA) is 29.1 Å². The van der Waals surface area contributed by atoms with E-state index in [2.05, 4.69) is 19.2 Å². The minimum atomic E-state index is 0.226. The van der Waals surface area contributed by atoms with Gasteiger partial charge in [-0.1, -0.05) is 46.0 Å². The van der Waals surface area contributed by atoms with Crippen LogP contribution in [-0.4, -0.2) is 11.9 Å². The van der Waals surface area contributed by atoms with Crippen molar-refractivity contribution in [2.75, 3.05) is 0 Å². The van der Waals surface area contributed by atoms with Crippen molar-refractivity contribution in [1.82, 2.24) is 5.32 Å². The van der Waals surface area contributed by atoms with Crippen molar-refractivity contribution in [3.8, 4) is 0 Å². The molecule has 0 aliphatic heterocycles. The third-order valence-electron chi connectivity index (χ3n) is 2.95. The van der Waals surface area contributed by atoms with Crippen LogP contribution in [0.25, 0.3) is 0 Å². The quantitative estimate of drug-likeness (QED) is 0.595. The largest absolute Gasteiger partial charge is 0.354 e. The second kappa shape index (κ2) is 9.68. The second-order valence-electron chi connectivity index (χ2n) is 4.97. The zero-order valence-corrected chi connectivity index (χ0v) is 11.5. The highest BCUT2D eigenvalue weighted by atomic mass is 16.1. The maximum Gasteiger partial charge on any atom is 0.223 e. The smallest absolute Gasteiger partial charge is 0.223 e. The van der Waals surface area contributed by atoms with Gasteiger partial charge in [-0.25, -0.2) is 0 Å². The van der Waals surface area contributed by atoms with E-state index < -0.39 is 0 Å². The predicted molar refractivity (Wildman–Crippen MR) is 70.4 cm³/mol. The lowest BCUT2D eigenvalue weighted by Gasteiger charge is -2.16. The molecule has 0 aliphatic rings. The molecule has 96 valence electrons. The van der Waals surface area contributed by atoms with Crippen LogP contribution in [0.2, 0.25) is 0 Å². The molecule has 1 unspecified atom stereocenters. The lowest BCUT2D eigenvalue weighted by Crippen LogP contribution is -2.35. The lowest BCUT2D eigenvalue weighted by atomic mass is 9.97. The molecule has 1 atom stereocenters. The van der Waals surface area contributed by atoms with E-state index in [-0.39, 0.29) is 17.9 Å². The standard InChI is InChI=1S/C14H29NO/c1-5-7-8-9-10-11-13(6-2)14(16)15-12(3)4/h12-13H,5-11H2,1-4H3,(H,15,16). The van der Waals surface area contributed by atoms with Gasteiger partial charge in [0.2, 0.25) is 5.91 Å². The summed E-state index contributed by atoms with van der Waals surface area (Å²) < 4.78 is 0. The van der Waals surface area contributed by atoms with E-state index in [0.717, 1.165) is 12.8 Å². The molecule has 1 N–H and O–H groups in total. The number of hydrogen-bond donors (Lipinski definition) is 1. The first-order valence-corrected chi connectivity index (χ1v) is 6.92. The van der Waals surface area contributed by atoms with Crippen molar-refractivity contribution < 1.29 is 4.79 Å². The van der Waals surface area contributed by atoms with Crippen LogP contribution >= 0.6 is 0 Å². The van der Waals surface area contributed by atoms with Gasteiger partial charge >= 0.3 is 0 Å². The molecular weight excluding hydrogens is 198 g/mol. The van der Waals surface area contributed by atoms with E-state index >= 15 is 0 Å². The third kappa shape index (κ3) is 7.72. The molecule has 0 saturated carbocycles. The minimum Gasteiger partial charge on any atom is -0.354 e. The molecule has 0 rings (SSSR count). The maximum atomic E-state index is 11.8. The van der Waals surface area contributed by atoms with E-state index in [1.54, 1.807) is 0 Å². The van der Waals surface area contributed by atoms with Gasteiger partial charge in [0.1, 0.15) is 0 Å². The van der Waals surface area contributed by atoms with Crippen molar-refractivity contribution in [3.05, 3.63) is 0 Å². The Balaban J connectivity index is 3.69. The Kier molecular flexibility index (Phi) is 9.36. The van der Waals surface area contributed by atoms with E-state index in [0.29, 0.717) is 0 Å². The zero-order chi connectivity index (χ0) is 12.4. The number of carbonyl (C=O) groups excluding carboxylic acids is 1. The minimum absolute atomic E-state index is 0.226. The number of nitrogens with one attached hydrogen (secondary N) is 1. The number of carbonyl (C=O) groups is 1. The average Bonchev–Trinajstić information content (AvgIpc) is 2.22. The van der Waals surface area contributed by atoms with Crippen LogP contribution in [0.3, 0.4) is 0 Å². The first kappa shape index (κ1) is 15.5. The molecule has 0 fully saturated rings. The number of rotatable bonds is 9. The van der Waals surface area contributed by atoms with Gasteiger partial charge < -0.3 is 5.32 Å². The molecular formula is C14H29NO. The predicted octanol–water partition coefficient (Wildman–Crippen LogP) is 3.90. The zero-order valence-electron chi connectivity index (χ0n) is 11.5. The van der Waals surface area contributed by atoms with Crippen LogP contribution in [0.15, 0.2) is 0 Å². The summed E-state index contributed by atoms with van der Waals surface area (Å²) in [6, 6.07) is 0.265. The summed E-state index contributed by atoms with van der Waals surface area (Å²) in [6.07, 6.45) is 8.42. The van der Waals surface area contributed by atoms with E-state index in [1.165, 1.54) is 32.1 Å². The molecule has 0 aromatic carbocycles. The Morgan fingerprint density at radius 1 is 1.06 bits per heavy atom. The van der Waals surface area contributed by atoms with Gasteiger partial charge in [-0.05, 0) is 26.7 Å². The molecule has 2 heteroatoms. The van der Waals surface area contributed by atoms with Crippen LogP contribution < -0.4 is 5.32 Å². The molecule has 0 saturated heterocycles. The Morgan fingerprint density at radius 2 is 1.69 bits per heavy atom. The van der Waals surface area contributed by atoms with Crippen LogP contribution in [0.1, 0.15) is 72.6 Å². The number of hydrogen-bond acceptors (Lipinski definition) is 1. The number of unbranched alkanes of at least 4 members (excludes halogenated alkanes) is 4. The first-order chi connectivity index (χ1) is 7.61. The first-order valence-electron chi connectivity index (χ1n) is 6.92. The molecule has 1 amide bonds. The summed E-state index contributed by atoms with van der Waals surface area (Å²) in [4.78, 5) is 11.8. The van der Waals surface area contributed by atoms with Gasteiger partial charge in [0.05, 0.1) is 0 Å². The van der Waals surface area contributed by atoms with Crippen LogP contribution in [0.5, 0.6) is 0 Å². The maximum absolute atomic E-state index is 11.8. The van der Waals surface area contributed by atoms with Crippen molar-refractivity contribution >= 4 is 5.91 Å². The Hall–Kier alpha value is -0.530. The fourth-order valence-corrected chi connectivity index (χ4v) is 1.92. The van der Waals surface area contributed by atoms with Gasteiger partial charge in [-0.2, -0.15) is 0 Å². The van der Waals surface area contributed by atoms with Crippen LogP contribution in [0.4, 0.5) is 0 Å². The Bertz CT molecular complexity index is 178. The Morgan fingerprint density at radius 3 is 2.19 bits per heavy atom. The van der Waals surface area contributed by atoms with Gasteiger partial charge in [0, 0.05) is 12.0 Å². The van der Waals surface area contributed by atoms with E-state index in [1.807, 2.05) is 13.8 Å². The highest BCUT2D eigenvalue weighted by Gasteiger charge is 2.16. The van der Waals surface area contributed by atoms with Gasteiger partial charge in [0.15, 0.2) is 0 Å². The third-order valence-corrected chi connectivity index (χ3v) is 2.95. The molecule has 0 aromatic heterocycles. The van der Waals surface area contributed by atoms with Crippen LogP contribution in [-0.2, 0) is 4.79 Å². The van der Waals surface area contributed by atoms with E-state index in [9.17, 15) is 4.79 Å². The number of amides is 1. The van der Waals surface area contributed by atoms with Crippen molar-refractivity contribution in [2.45, 2.75) is 78.7 Å². The fraction of sp³-hybridized carbons (Fsp3) is 0.929. The molecule has 0 spiro atoms. The summed E-state index contributed by atoms with van der Waals surface area (Å²) in [5.41, 5.74) is 0. The van der Waals surface area contributed by atoms with E-state index in [4.69, 9.17) is 0 Å². The van der Waals surface area contributed by atoms with Crippen LogP contribution in [0, 0.1) is 5.92 Å². The summed E-state index contributed by atoms with van der Waals surface area (Å²) >= 11 is 0. The average molecular weight is 227 g/mol. The van der Waals surface area contributed by atoms with Gasteiger partial charge in [-0.3, -0.25) is 4.79 Å². The summed E-state index contributed by atoms with van der Waals surface area (Å²) in [5.74, 6) is 0.469. The van der Waals surface area contributed by atoms with Gasteiger partial charge in [0.25, 0.3) is 0 Å². The lowest BCUT2D eigenvalue weighted by molar-refractivity contribution is -0.125. The normalized spacial score (nSPS) is 12.8. The fourth-order valence-electron chi connectivity index (χ4n) is 1.92. The summed E-state index contributed by atoms with van der Waals surface area (Å²) in [5, 5.41) is 3.01.